The van der Waals surface area contributed by atoms with Gasteiger partial charge in [0.05, 0.1) is 5.54 Å². The van der Waals surface area contributed by atoms with E-state index in [1.165, 1.54) is 6.92 Å². The number of carbonyl (C=O) groups is 2. The van der Waals surface area contributed by atoms with E-state index in [1.54, 1.807) is 11.9 Å². The quantitative estimate of drug-likeness (QED) is 0.807. The lowest BCUT2D eigenvalue weighted by Crippen LogP contribution is -2.53. The van der Waals surface area contributed by atoms with Crippen molar-refractivity contribution in [3.8, 4) is 11.5 Å². The largest absolute Gasteiger partial charge is 0.454 e. The Labute approximate surface area is 166 Å². The molecular weight excluding hydrogens is 360 g/mol. The first-order valence-electron chi connectivity index (χ1n) is 9.95. The molecule has 0 bridgehead atoms. The predicted molar refractivity (Wildman–Crippen MR) is 104 cm³/mol. The summed E-state index contributed by atoms with van der Waals surface area (Å²) in [6.45, 7) is 3.96. The maximum atomic E-state index is 12.6. The summed E-state index contributed by atoms with van der Waals surface area (Å²) in [5.41, 5.74) is 0.639. The second-order valence-electron chi connectivity index (χ2n) is 7.93. The van der Waals surface area contributed by atoms with E-state index in [4.69, 9.17) is 14.2 Å². The number of amides is 2. The number of hydrogen-bond acceptors (Lipinski definition) is 5. The van der Waals surface area contributed by atoms with Gasteiger partial charge in [-0.2, -0.15) is 0 Å². The first-order chi connectivity index (χ1) is 13.4. The summed E-state index contributed by atoms with van der Waals surface area (Å²) in [6, 6.07) is 5.78. The maximum absolute atomic E-state index is 12.6. The van der Waals surface area contributed by atoms with E-state index < -0.39 is 5.54 Å². The van der Waals surface area contributed by atoms with Crippen molar-refractivity contribution in [2.24, 2.45) is 0 Å². The van der Waals surface area contributed by atoms with Crippen molar-refractivity contribution in [1.82, 2.24) is 10.2 Å². The molecule has 1 N–H and O–H groups in total. The van der Waals surface area contributed by atoms with E-state index >= 15 is 0 Å². The van der Waals surface area contributed by atoms with Crippen LogP contribution in [0.2, 0.25) is 0 Å². The molecule has 7 nitrogen and oxygen atoms in total. The third kappa shape index (κ3) is 4.88. The van der Waals surface area contributed by atoms with Crippen LogP contribution in [0, 0.1) is 0 Å². The highest BCUT2D eigenvalue weighted by Gasteiger charge is 2.35. The van der Waals surface area contributed by atoms with Crippen LogP contribution in [-0.2, 0) is 16.0 Å². The second kappa shape index (κ2) is 8.71. The van der Waals surface area contributed by atoms with Crippen molar-refractivity contribution in [2.75, 3.05) is 20.4 Å². The average molecular weight is 390 g/mol. The van der Waals surface area contributed by atoms with E-state index in [0.29, 0.717) is 6.42 Å². The van der Waals surface area contributed by atoms with Gasteiger partial charge < -0.3 is 24.4 Å². The third-order valence-electron chi connectivity index (χ3n) is 5.64. The number of likely N-dealkylation sites (N-methyl/N-ethyl adjacent to an activating group) is 1. The summed E-state index contributed by atoms with van der Waals surface area (Å²) in [7, 11) is 1.74. The summed E-state index contributed by atoms with van der Waals surface area (Å²) < 4.78 is 16.4. The molecule has 1 unspecified atom stereocenters. The molecule has 1 atom stereocenters. The Kier molecular flexibility index (Phi) is 6.31. The van der Waals surface area contributed by atoms with Crippen molar-refractivity contribution >= 4 is 12.0 Å². The smallest absolute Gasteiger partial charge is 0.409 e. The minimum atomic E-state index is -0.429. The second-order valence-corrected chi connectivity index (χ2v) is 7.93. The van der Waals surface area contributed by atoms with Gasteiger partial charge in [0.2, 0.25) is 12.7 Å². The molecule has 0 aromatic heterocycles. The standard InChI is InChI=1S/C21H30N2O5/c1-15(11-17-7-8-18-19(12-17)28-14-27-18)23(3)20(25)26-13-21(22-16(2)24)9-5-4-6-10-21/h7-8,12,15H,4-6,9-11,13-14H2,1-3H3,(H,22,24). The van der Waals surface area contributed by atoms with E-state index in [9.17, 15) is 9.59 Å². The molecule has 2 amide bonds. The van der Waals surface area contributed by atoms with Gasteiger partial charge in [0.15, 0.2) is 11.5 Å². The first-order valence-corrected chi connectivity index (χ1v) is 9.95. The predicted octanol–water partition coefficient (Wildman–Crippen LogP) is 3.25. The van der Waals surface area contributed by atoms with E-state index in [2.05, 4.69) is 5.32 Å². The highest BCUT2D eigenvalue weighted by molar-refractivity contribution is 5.74. The van der Waals surface area contributed by atoms with Crippen LogP contribution in [0.25, 0.3) is 0 Å². The van der Waals surface area contributed by atoms with Crippen molar-refractivity contribution in [2.45, 2.75) is 64.0 Å². The molecule has 154 valence electrons. The molecule has 1 fully saturated rings. The molecule has 28 heavy (non-hydrogen) atoms. The van der Waals surface area contributed by atoms with E-state index in [-0.39, 0.29) is 31.4 Å². The first kappa shape index (κ1) is 20.3. The Morgan fingerprint density at radius 2 is 1.93 bits per heavy atom. The van der Waals surface area contributed by atoms with Crippen LogP contribution in [0.4, 0.5) is 4.79 Å². The van der Waals surface area contributed by atoms with Crippen LogP contribution < -0.4 is 14.8 Å². The van der Waals surface area contributed by atoms with Crippen LogP contribution in [0.3, 0.4) is 0 Å². The van der Waals surface area contributed by atoms with Crippen LogP contribution in [0.15, 0.2) is 18.2 Å². The van der Waals surface area contributed by atoms with Crippen LogP contribution in [0.5, 0.6) is 11.5 Å². The van der Waals surface area contributed by atoms with Gasteiger partial charge in [0.25, 0.3) is 0 Å². The topological polar surface area (TPSA) is 77.1 Å². The number of nitrogens with one attached hydrogen (secondary N) is 1. The minimum Gasteiger partial charge on any atom is -0.454 e. The molecule has 1 heterocycles. The van der Waals surface area contributed by atoms with Gasteiger partial charge in [-0.15, -0.1) is 0 Å². The fraction of sp³-hybridized carbons (Fsp3) is 0.619. The Bertz CT molecular complexity index is 715. The van der Waals surface area contributed by atoms with E-state index in [1.807, 2.05) is 25.1 Å². The molecule has 0 saturated heterocycles. The number of rotatable bonds is 6. The highest BCUT2D eigenvalue weighted by atomic mass is 16.7. The summed E-state index contributed by atoms with van der Waals surface area (Å²) in [5.74, 6) is 1.41. The summed E-state index contributed by atoms with van der Waals surface area (Å²) in [5, 5.41) is 3.02. The zero-order valence-corrected chi connectivity index (χ0v) is 17.0. The van der Waals surface area contributed by atoms with Crippen LogP contribution >= 0.6 is 0 Å². The average Bonchev–Trinajstić information content (AvgIpc) is 3.13. The zero-order valence-electron chi connectivity index (χ0n) is 17.0. The fourth-order valence-electron chi connectivity index (χ4n) is 3.94. The number of carbonyl (C=O) groups excluding carboxylic acids is 2. The third-order valence-corrected chi connectivity index (χ3v) is 5.64. The highest BCUT2D eigenvalue weighted by Crippen LogP contribution is 2.33. The van der Waals surface area contributed by atoms with Crippen molar-refractivity contribution in [1.29, 1.82) is 0 Å². The molecule has 0 spiro atoms. The molecule has 7 heteroatoms. The van der Waals surface area contributed by atoms with Crippen molar-refractivity contribution in [3.63, 3.8) is 0 Å². The summed E-state index contributed by atoms with van der Waals surface area (Å²) in [6.07, 6.45) is 5.22. The molecule has 1 aliphatic carbocycles. The lowest BCUT2D eigenvalue weighted by molar-refractivity contribution is -0.122. The Balaban J connectivity index is 1.54. The van der Waals surface area contributed by atoms with Gasteiger partial charge >= 0.3 is 6.09 Å². The SMILES string of the molecule is CC(=O)NC1(COC(=O)N(C)C(C)Cc2ccc3c(c2)OCO3)CCCCC1. The fourth-order valence-corrected chi connectivity index (χ4v) is 3.94. The monoisotopic (exact) mass is 390 g/mol. The number of benzene rings is 1. The van der Waals surface area contributed by atoms with E-state index in [0.717, 1.165) is 49.2 Å². The molecular formula is C21H30N2O5. The summed E-state index contributed by atoms with van der Waals surface area (Å²) >= 11 is 0. The van der Waals surface area contributed by atoms with Gasteiger partial charge in [-0.1, -0.05) is 25.3 Å². The van der Waals surface area contributed by atoms with Crippen LogP contribution in [-0.4, -0.2) is 48.9 Å². The Morgan fingerprint density at radius 3 is 2.64 bits per heavy atom. The maximum Gasteiger partial charge on any atom is 0.409 e. The normalized spacial score (nSPS) is 18.2. The molecule has 1 saturated carbocycles. The number of fused-ring (bicyclic) bond motifs is 1. The van der Waals surface area contributed by atoms with Gasteiger partial charge in [-0.25, -0.2) is 4.79 Å². The number of hydrogen-bond donors (Lipinski definition) is 1. The van der Waals surface area contributed by atoms with Gasteiger partial charge in [0.1, 0.15) is 6.61 Å². The molecule has 1 aromatic carbocycles. The van der Waals surface area contributed by atoms with Gasteiger partial charge in [0, 0.05) is 20.0 Å². The van der Waals surface area contributed by atoms with Gasteiger partial charge in [-0.3, -0.25) is 4.79 Å². The lowest BCUT2D eigenvalue weighted by atomic mass is 9.82. The summed E-state index contributed by atoms with van der Waals surface area (Å²) in [4.78, 5) is 25.8. The lowest BCUT2D eigenvalue weighted by Gasteiger charge is -2.37. The Hall–Kier alpha value is -2.44. The molecule has 0 radical (unpaired) electrons. The zero-order chi connectivity index (χ0) is 20.1. The van der Waals surface area contributed by atoms with Crippen LogP contribution in [0.1, 0.15) is 51.5 Å². The minimum absolute atomic E-state index is 0.0454. The molecule has 3 rings (SSSR count). The molecule has 2 aliphatic rings. The van der Waals surface area contributed by atoms with Crippen molar-refractivity contribution < 1.29 is 23.8 Å². The molecule has 1 aliphatic heterocycles. The van der Waals surface area contributed by atoms with Gasteiger partial charge in [-0.05, 0) is 43.9 Å². The van der Waals surface area contributed by atoms with Crippen molar-refractivity contribution in [3.05, 3.63) is 23.8 Å². The Morgan fingerprint density at radius 1 is 1.21 bits per heavy atom. The number of nitrogens with zero attached hydrogens (tertiary/aromatic N) is 1. The number of ether oxygens (including phenoxy) is 3. The molecule has 1 aromatic rings.